The van der Waals surface area contributed by atoms with Crippen LogP contribution < -0.4 is 14.8 Å². The van der Waals surface area contributed by atoms with Gasteiger partial charge in [-0.3, -0.25) is 4.79 Å². The van der Waals surface area contributed by atoms with E-state index < -0.39 is 0 Å². The van der Waals surface area contributed by atoms with E-state index in [0.717, 1.165) is 17.5 Å². The Bertz CT molecular complexity index is 754. The standard InChI is InChI=1S/C22H28ClO3P.Li.H/c1-4-6-9-16(5-2)15-26-17-12-13-21(19(23)14-17)27-22(24)18-10-7-8-11-20(18)25-3;;/h7-8,10-14,16,27H,4-6,9,15H2,1-3H3;;. The van der Waals surface area contributed by atoms with Crippen molar-refractivity contribution < 1.29 is 14.3 Å². The van der Waals surface area contributed by atoms with Crippen molar-refractivity contribution in [2.45, 2.75) is 39.5 Å². The molecule has 0 aromatic heterocycles. The Morgan fingerprint density at radius 2 is 1.93 bits per heavy atom. The summed E-state index contributed by atoms with van der Waals surface area (Å²) in [6.45, 7) is 5.11. The van der Waals surface area contributed by atoms with Gasteiger partial charge in [0.2, 0.25) is 0 Å². The topological polar surface area (TPSA) is 35.5 Å². The fourth-order valence-electron chi connectivity index (χ4n) is 2.82. The van der Waals surface area contributed by atoms with Crippen molar-refractivity contribution in [3.63, 3.8) is 0 Å². The maximum absolute atomic E-state index is 12.6. The van der Waals surface area contributed by atoms with Gasteiger partial charge in [0.15, 0.2) is 5.52 Å². The first-order chi connectivity index (χ1) is 13.1. The normalized spacial score (nSPS) is 11.9. The van der Waals surface area contributed by atoms with Gasteiger partial charge in [0.05, 0.1) is 24.3 Å². The molecule has 0 bridgehead atoms. The molecule has 2 atom stereocenters. The van der Waals surface area contributed by atoms with E-state index in [2.05, 4.69) is 13.8 Å². The van der Waals surface area contributed by atoms with Crippen molar-refractivity contribution in [3.8, 4) is 11.5 Å². The van der Waals surface area contributed by atoms with Crippen molar-refractivity contribution in [2.75, 3.05) is 13.7 Å². The monoisotopic (exact) mass is 414 g/mol. The van der Waals surface area contributed by atoms with E-state index in [1.807, 2.05) is 30.3 Å². The van der Waals surface area contributed by atoms with Crippen LogP contribution in [0.3, 0.4) is 0 Å². The Balaban J connectivity index is 0.00000392. The number of methoxy groups -OCH3 is 1. The zero-order chi connectivity index (χ0) is 19.6. The zero-order valence-electron chi connectivity index (χ0n) is 16.3. The van der Waals surface area contributed by atoms with Gasteiger partial charge in [-0.05, 0) is 56.6 Å². The summed E-state index contributed by atoms with van der Waals surface area (Å²) >= 11 is 6.41. The van der Waals surface area contributed by atoms with Gasteiger partial charge in [0.25, 0.3) is 0 Å². The molecule has 0 aliphatic rings. The number of halogens is 1. The summed E-state index contributed by atoms with van der Waals surface area (Å²) in [5.41, 5.74) is 0.588. The number of para-hydroxylation sites is 1. The third kappa shape index (κ3) is 7.45. The number of benzene rings is 2. The van der Waals surface area contributed by atoms with E-state index in [-0.39, 0.29) is 33.0 Å². The second-order valence-electron chi connectivity index (χ2n) is 6.52. The average Bonchev–Trinajstić information content (AvgIpc) is 2.69. The van der Waals surface area contributed by atoms with E-state index in [1.54, 1.807) is 19.2 Å². The molecule has 6 heteroatoms. The number of carbonyl (C=O) groups is 1. The number of ether oxygens (including phenoxy) is 2. The number of carbonyl (C=O) groups excluding carboxylic acids is 1. The summed E-state index contributed by atoms with van der Waals surface area (Å²) in [5, 5.41) is 1.38. The Morgan fingerprint density at radius 1 is 1.18 bits per heavy atom. The fourth-order valence-corrected chi connectivity index (χ4v) is 4.08. The summed E-state index contributed by atoms with van der Waals surface area (Å²) in [6, 6.07) is 12.8. The summed E-state index contributed by atoms with van der Waals surface area (Å²) in [5.74, 6) is 1.91. The zero-order valence-corrected chi connectivity index (χ0v) is 18.0. The van der Waals surface area contributed by atoms with Crippen molar-refractivity contribution in [3.05, 3.63) is 53.1 Å². The summed E-state index contributed by atoms with van der Waals surface area (Å²) in [7, 11) is 1.51. The van der Waals surface area contributed by atoms with Gasteiger partial charge in [0.1, 0.15) is 11.5 Å². The van der Waals surface area contributed by atoms with E-state index in [1.165, 1.54) is 19.3 Å². The molecule has 0 amide bonds. The van der Waals surface area contributed by atoms with Crippen LogP contribution in [-0.4, -0.2) is 38.1 Å². The molecule has 0 saturated heterocycles. The first kappa shape index (κ1) is 25.1. The van der Waals surface area contributed by atoms with E-state index in [0.29, 0.717) is 28.9 Å². The van der Waals surface area contributed by atoms with Gasteiger partial charge < -0.3 is 9.47 Å². The Labute approximate surface area is 187 Å². The molecule has 2 aromatic rings. The third-order valence-electron chi connectivity index (χ3n) is 4.57. The minimum absolute atomic E-state index is 0. The van der Waals surface area contributed by atoms with Crippen LogP contribution in [0.5, 0.6) is 11.5 Å². The number of hydrogen-bond donors (Lipinski definition) is 0. The first-order valence-electron chi connectivity index (χ1n) is 9.45. The molecule has 0 fully saturated rings. The van der Waals surface area contributed by atoms with Crippen LogP contribution in [0.4, 0.5) is 0 Å². The van der Waals surface area contributed by atoms with E-state index in [9.17, 15) is 4.79 Å². The molecule has 0 heterocycles. The van der Waals surface area contributed by atoms with Crippen molar-refractivity contribution in [2.24, 2.45) is 5.92 Å². The molecular weight excluding hydrogens is 386 g/mol. The molecule has 0 saturated carbocycles. The van der Waals surface area contributed by atoms with Crippen molar-refractivity contribution >= 4 is 49.9 Å². The second kappa shape index (κ2) is 13.3. The molecule has 0 N–H and O–H groups in total. The van der Waals surface area contributed by atoms with Crippen LogP contribution in [0.15, 0.2) is 42.5 Å². The minimum atomic E-state index is -0.0587. The molecule has 0 spiro atoms. The van der Waals surface area contributed by atoms with Crippen LogP contribution in [0.1, 0.15) is 49.9 Å². The molecule has 0 aliphatic heterocycles. The Morgan fingerprint density at radius 3 is 2.57 bits per heavy atom. The van der Waals surface area contributed by atoms with Gasteiger partial charge in [-0.15, -0.1) is 0 Å². The average molecular weight is 415 g/mol. The first-order valence-corrected chi connectivity index (χ1v) is 10.8. The fraction of sp³-hybridized carbons (Fsp3) is 0.409. The van der Waals surface area contributed by atoms with Crippen LogP contribution in [0.25, 0.3) is 0 Å². The predicted molar refractivity (Wildman–Crippen MR) is 123 cm³/mol. The van der Waals surface area contributed by atoms with Gasteiger partial charge in [-0.25, -0.2) is 0 Å². The van der Waals surface area contributed by atoms with Gasteiger partial charge in [-0.1, -0.05) is 56.8 Å². The van der Waals surface area contributed by atoms with Gasteiger partial charge in [0, 0.05) is 0 Å². The number of rotatable bonds is 11. The third-order valence-corrected chi connectivity index (χ3v) is 6.24. The molecule has 148 valence electrons. The van der Waals surface area contributed by atoms with Crippen LogP contribution in [0, 0.1) is 5.92 Å². The quantitative estimate of drug-likeness (QED) is 0.363. The van der Waals surface area contributed by atoms with Crippen molar-refractivity contribution in [1.29, 1.82) is 0 Å². The van der Waals surface area contributed by atoms with Crippen molar-refractivity contribution in [1.82, 2.24) is 0 Å². The molecule has 2 rings (SSSR count). The Hall–Kier alpha value is -0.973. The molecular formula is C22H29ClLiO3P. The summed E-state index contributed by atoms with van der Waals surface area (Å²) in [6.07, 6.45) is 4.74. The van der Waals surface area contributed by atoms with Crippen LogP contribution in [0.2, 0.25) is 5.02 Å². The predicted octanol–water partition coefficient (Wildman–Crippen LogP) is 5.44. The molecule has 2 unspecified atom stereocenters. The molecule has 0 aliphatic carbocycles. The van der Waals surface area contributed by atoms with E-state index >= 15 is 0 Å². The number of unbranched alkanes of at least 4 members (excludes halogenated alkanes) is 1. The van der Waals surface area contributed by atoms with Gasteiger partial charge >= 0.3 is 18.9 Å². The van der Waals surface area contributed by atoms with Crippen LogP contribution in [-0.2, 0) is 0 Å². The molecule has 2 aromatic carbocycles. The Kier molecular flexibility index (Phi) is 11.9. The van der Waals surface area contributed by atoms with Crippen LogP contribution >= 0.6 is 20.2 Å². The summed E-state index contributed by atoms with van der Waals surface area (Å²) < 4.78 is 11.2. The maximum atomic E-state index is 12.6. The van der Waals surface area contributed by atoms with E-state index in [4.69, 9.17) is 21.1 Å². The number of hydrogen-bond acceptors (Lipinski definition) is 3. The SMILES string of the molecule is CCCCC(CC)COc1ccc(PC(=O)c2ccccc2OC)c(Cl)c1.[LiH]. The molecule has 0 radical (unpaired) electrons. The second-order valence-corrected chi connectivity index (χ2v) is 8.17. The summed E-state index contributed by atoms with van der Waals surface area (Å²) in [4.78, 5) is 12.6. The van der Waals surface area contributed by atoms with Gasteiger partial charge in [-0.2, -0.15) is 0 Å². The molecule has 28 heavy (non-hydrogen) atoms. The molecule has 3 nitrogen and oxygen atoms in total.